The lowest BCUT2D eigenvalue weighted by Gasteiger charge is -2.10. The minimum atomic E-state index is 0.00375. The summed E-state index contributed by atoms with van der Waals surface area (Å²) in [5.41, 5.74) is 2.47. The van der Waals surface area contributed by atoms with Gasteiger partial charge in [0.05, 0.1) is 21.7 Å². The number of hydrogen-bond donors (Lipinski definition) is 1. The number of fused-ring (bicyclic) bond motifs is 1. The molecule has 0 aliphatic carbocycles. The van der Waals surface area contributed by atoms with Gasteiger partial charge in [-0.25, -0.2) is 4.98 Å². The standard InChI is InChI=1S/C27H36N2OS/c1-3-4-5-6-7-8-9-10-11-14-19-28-27(30)23-20-25(26-18-17-21(2)31-26)29-24-16-13-12-15-22(23)24/h12-13,15-18,20H,3-11,14,19H2,1-2H3,(H,28,30). The molecule has 31 heavy (non-hydrogen) atoms. The molecule has 0 bridgehead atoms. The average molecular weight is 437 g/mol. The molecule has 4 heteroatoms. The van der Waals surface area contributed by atoms with Crippen LogP contribution in [0.15, 0.2) is 42.5 Å². The van der Waals surface area contributed by atoms with Crippen molar-refractivity contribution >= 4 is 28.1 Å². The summed E-state index contributed by atoms with van der Waals surface area (Å²) in [5.74, 6) is 0.00375. The van der Waals surface area contributed by atoms with Crippen LogP contribution in [0.1, 0.15) is 86.4 Å². The number of pyridine rings is 1. The maximum atomic E-state index is 13.0. The summed E-state index contributed by atoms with van der Waals surface area (Å²) in [6.07, 6.45) is 13.0. The van der Waals surface area contributed by atoms with Crippen LogP contribution < -0.4 is 5.32 Å². The molecule has 0 aliphatic rings. The Morgan fingerprint density at radius 3 is 2.26 bits per heavy atom. The van der Waals surface area contributed by atoms with E-state index in [-0.39, 0.29) is 5.91 Å². The van der Waals surface area contributed by atoms with Gasteiger partial charge < -0.3 is 5.32 Å². The maximum absolute atomic E-state index is 13.0. The largest absolute Gasteiger partial charge is 0.352 e. The Labute approximate surface area is 191 Å². The van der Waals surface area contributed by atoms with E-state index in [1.807, 2.05) is 30.3 Å². The van der Waals surface area contributed by atoms with Gasteiger partial charge in [0.15, 0.2) is 0 Å². The third-order valence-electron chi connectivity index (χ3n) is 5.77. The zero-order chi connectivity index (χ0) is 21.9. The molecule has 1 aromatic carbocycles. The van der Waals surface area contributed by atoms with Crippen molar-refractivity contribution in [3.8, 4) is 10.6 Å². The predicted molar refractivity (Wildman–Crippen MR) is 134 cm³/mol. The summed E-state index contributed by atoms with van der Waals surface area (Å²) in [5, 5.41) is 4.05. The fourth-order valence-corrected chi connectivity index (χ4v) is 4.80. The smallest absolute Gasteiger partial charge is 0.252 e. The monoisotopic (exact) mass is 436 g/mol. The average Bonchev–Trinajstić information content (AvgIpc) is 3.23. The minimum Gasteiger partial charge on any atom is -0.352 e. The first-order chi connectivity index (χ1) is 15.2. The molecular formula is C27H36N2OS. The molecule has 1 N–H and O–H groups in total. The number of unbranched alkanes of at least 4 members (excludes halogenated alkanes) is 9. The van der Waals surface area contributed by atoms with Gasteiger partial charge in [-0.05, 0) is 37.6 Å². The molecule has 0 radical (unpaired) electrons. The summed E-state index contributed by atoms with van der Waals surface area (Å²) >= 11 is 1.71. The van der Waals surface area contributed by atoms with Crippen molar-refractivity contribution in [2.45, 2.75) is 78.1 Å². The van der Waals surface area contributed by atoms with Crippen molar-refractivity contribution in [2.24, 2.45) is 0 Å². The van der Waals surface area contributed by atoms with Crippen molar-refractivity contribution < 1.29 is 4.79 Å². The van der Waals surface area contributed by atoms with Gasteiger partial charge >= 0.3 is 0 Å². The van der Waals surface area contributed by atoms with Crippen LogP contribution in [0, 0.1) is 6.92 Å². The Hall–Kier alpha value is -2.20. The van der Waals surface area contributed by atoms with E-state index in [2.05, 4.69) is 31.3 Å². The van der Waals surface area contributed by atoms with E-state index in [0.717, 1.165) is 40.0 Å². The van der Waals surface area contributed by atoms with Gasteiger partial charge in [0.25, 0.3) is 5.91 Å². The third kappa shape index (κ3) is 7.17. The molecule has 3 aromatic rings. The molecule has 0 saturated carbocycles. The zero-order valence-electron chi connectivity index (χ0n) is 19.1. The first-order valence-corrected chi connectivity index (χ1v) is 12.8. The molecular weight excluding hydrogens is 400 g/mol. The first-order valence-electron chi connectivity index (χ1n) is 11.9. The number of carbonyl (C=O) groups excluding carboxylic acids is 1. The number of rotatable bonds is 13. The van der Waals surface area contributed by atoms with Gasteiger partial charge in [-0.15, -0.1) is 11.3 Å². The number of aromatic nitrogens is 1. The number of amides is 1. The maximum Gasteiger partial charge on any atom is 0.252 e. The van der Waals surface area contributed by atoms with Crippen LogP contribution >= 0.6 is 11.3 Å². The summed E-state index contributed by atoms with van der Waals surface area (Å²) in [7, 11) is 0. The van der Waals surface area contributed by atoms with Crippen molar-refractivity contribution in [1.29, 1.82) is 0 Å². The lowest BCUT2D eigenvalue weighted by atomic mass is 10.1. The van der Waals surface area contributed by atoms with Crippen molar-refractivity contribution in [1.82, 2.24) is 10.3 Å². The van der Waals surface area contributed by atoms with E-state index in [9.17, 15) is 4.79 Å². The highest BCUT2D eigenvalue weighted by Crippen LogP contribution is 2.29. The molecule has 2 aromatic heterocycles. The van der Waals surface area contributed by atoms with Crippen LogP contribution in [0.25, 0.3) is 21.5 Å². The molecule has 1 amide bonds. The van der Waals surface area contributed by atoms with Gasteiger partial charge in [0.2, 0.25) is 0 Å². The van der Waals surface area contributed by atoms with E-state index < -0.39 is 0 Å². The number of benzene rings is 1. The van der Waals surface area contributed by atoms with Crippen LogP contribution in [0.2, 0.25) is 0 Å². The molecule has 0 atom stereocenters. The van der Waals surface area contributed by atoms with Gasteiger partial charge in [0.1, 0.15) is 0 Å². The SMILES string of the molecule is CCCCCCCCCCCCNC(=O)c1cc(-c2ccc(C)s2)nc2ccccc12. The molecule has 0 unspecified atom stereocenters. The Bertz CT molecular complexity index is 963. The highest BCUT2D eigenvalue weighted by atomic mass is 32.1. The molecule has 3 nitrogen and oxygen atoms in total. The fourth-order valence-electron chi connectivity index (χ4n) is 3.97. The fraction of sp³-hybridized carbons (Fsp3) is 0.481. The Kier molecular flexibility index (Phi) is 9.54. The van der Waals surface area contributed by atoms with Crippen molar-refractivity contribution in [3.63, 3.8) is 0 Å². The molecule has 0 fully saturated rings. The number of hydrogen-bond acceptors (Lipinski definition) is 3. The number of para-hydroxylation sites is 1. The lowest BCUT2D eigenvalue weighted by molar-refractivity contribution is 0.0954. The van der Waals surface area contributed by atoms with E-state index in [0.29, 0.717) is 0 Å². The number of aryl methyl sites for hydroxylation is 1. The summed E-state index contributed by atoms with van der Waals surface area (Å²) < 4.78 is 0. The van der Waals surface area contributed by atoms with Crippen LogP contribution in [0.5, 0.6) is 0 Å². The number of nitrogens with one attached hydrogen (secondary N) is 1. The van der Waals surface area contributed by atoms with Crippen molar-refractivity contribution in [3.05, 3.63) is 52.9 Å². The van der Waals surface area contributed by atoms with Crippen molar-refractivity contribution in [2.75, 3.05) is 6.54 Å². The van der Waals surface area contributed by atoms with E-state index in [1.54, 1.807) is 11.3 Å². The molecule has 3 rings (SSSR count). The molecule has 0 spiro atoms. The van der Waals surface area contributed by atoms with E-state index >= 15 is 0 Å². The van der Waals surface area contributed by atoms with Gasteiger partial charge in [-0.3, -0.25) is 4.79 Å². The molecule has 0 aliphatic heterocycles. The topological polar surface area (TPSA) is 42.0 Å². The minimum absolute atomic E-state index is 0.00375. The second-order valence-electron chi connectivity index (χ2n) is 8.42. The molecule has 0 saturated heterocycles. The number of nitrogens with zero attached hydrogens (tertiary/aromatic N) is 1. The normalized spacial score (nSPS) is 11.2. The van der Waals surface area contributed by atoms with Gasteiger partial charge in [-0.2, -0.15) is 0 Å². The van der Waals surface area contributed by atoms with E-state index in [1.165, 1.54) is 62.7 Å². The van der Waals surface area contributed by atoms with Gasteiger partial charge in [-0.1, -0.05) is 82.9 Å². The Morgan fingerprint density at radius 2 is 1.58 bits per heavy atom. The molecule has 166 valence electrons. The van der Waals surface area contributed by atoms with Crippen LogP contribution in [-0.4, -0.2) is 17.4 Å². The Morgan fingerprint density at radius 1 is 0.903 bits per heavy atom. The lowest BCUT2D eigenvalue weighted by Crippen LogP contribution is -2.24. The highest BCUT2D eigenvalue weighted by Gasteiger charge is 2.14. The van der Waals surface area contributed by atoms with Crippen LogP contribution in [-0.2, 0) is 0 Å². The quantitative estimate of drug-likeness (QED) is 0.276. The zero-order valence-corrected chi connectivity index (χ0v) is 19.9. The van der Waals surface area contributed by atoms with Crippen LogP contribution in [0.3, 0.4) is 0 Å². The summed E-state index contributed by atoms with van der Waals surface area (Å²) in [4.78, 5) is 20.1. The predicted octanol–water partition coefficient (Wildman–Crippen LogP) is 7.92. The second-order valence-corrected chi connectivity index (χ2v) is 9.71. The molecule has 2 heterocycles. The summed E-state index contributed by atoms with van der Waals surface area (Å²) in [6, 6.07) is 14.0. The van der Waals surface area contributed by atoms with Crippen LogP contribution in [0.4, 0.5) is 0 Å². The summed E-state index contributed by atoms with van der Waals surface area (Å²) in [6.45, 7) is 5.09. The van der Waals surface area contributed by atoms with E-state index in [4.69, 9.17) is 4.98 Å². The highest BCUT2D eigenvalue weighted by molar-refractivity contribution is 7.15. The van der Waals surface area contributed by atoms with Gasteiger partial charge in [0, 0.05) is 16.8 Å². The Balaban J connectivity index is 1.49. The number of carbonyl (C=O) groups is 1. The first kappa shape index (κ1) is 23.5. The second kappa shape index (κ2) is 12.6. The third-order valence-corrected chi connectivity index (χ3v) is 6.79. The number of thiophene rings is 1.